The maximum atomic E-state index is 11.6. The van der Waals surface area contributed by atoms with Crippen LogP contribution in [0.1, 0.15) is 30.4 Å². The number of likely N-dealkylation sites (tertiary alicyclic amines) is 1. The summed E-state index contributed by atoms with van der Waals surface area (Å²) in [5.41, 5.74) is 2.53. The van der Waals surface area contributed by atoms with Crippen molar-refractivity contribution in [3.63, 3.8) is 0 Å². The van der Waals surface area contributed by atoms with Gasteiger partial charge in [0, 0.05) is 33.2 Å². The van der Waals surface area contributed by atoms with Crippen LogP contribution in [0.3, 0.4) is 0 Å². The van der Waals surface area contributed by atoms with Crippen molar-refractivity contribution in [1.29, 1.82) is 0 Å². The molecule has 2 fully saturated rings. The highest BCUT2D eigenvalue weighted by atomic mass is 16.2. The lowest BCUT2D eigenvalue weighted by Gasteiger charge is -2.26. The predicted molar refractivity (Wildman–Crippen MR) is 109 cm³/mol. The first-order valence-corrected chi connectivity index (χ1v) is 9.98. The average Bonchev–Trinajstić information content (AvgIpc) is 3.04. The maximum Gasteiger partial charge on any atom is 0.324 e. The quantitative estimate of drug-likeness (QED) is 0.368. The molecule has 0 aromatic heterocycles. The van der Waals surface area contributed by atoms with Crippen molar-refractivity contribution in [2.24, 2.45) is 4.99 Å². The number of guanidine groups is 1. The zero-order valence-electron chi connectivity index (χ0n) is 16.5. The van der Waals surface area contributed by atoms with E-state index in [1.807, 2.05) is 0 Å². The van der Waals surface area contributed by atoms with E-state index < -0.39 is 0 Å². The Bertz CT molecular complexity index is 681. The molecular weight excluding hydrogens is 356 g/mol. The van der Waals surface area contributed by atoms with Gasteiger partial charge in [-0.3, -0.25) is 19.6 Å². The molecule has 1 aromatic carbocycles. The Morgan fingerprint density at radius 1 is 1.07 bits per heavy atom. The smallest absolute Gasteiger partial charge is 0.324 e. The van der Waals surface area contributed by atoms with Crippen LogP contribution >= 0.6 is 0 Å². The Labute approximate surface area is 166 Å². The molecule has 0 aliphatic carbocycles. The van der Waals surface area contributed by atoms with Gasteiger partial charge >= 0.3 is 6.03 Å². The van der Waals surface area contributed by atoms with Crippen molar-refractivity contribution < 1.29 is 9.59 Å². The van der Waals surface area contributed by atoms with Crippen LogP contribution in [0.2, 0.25) is 0 Å². The lowest BCUT2D eigenvalue weighted by Crippen LogP contribution is -2.43. The fourth-order valence-electron chi connectivity index (χ4n) is 3.51. The van der Waals surface area contributed by atoms with Gasteiger partial charge in [-0.15, -0.1) is 0 Å². The van der Waals surface area contributed by atoms with Crippen LogP contribution in [-0.4, -0.2) is 67.5 Å². The third-order valence-corrected chi connectivity index (χ3v) is 5.13. The number of carbonyl (C=O) groups is 2. The number of hydrogen-bond donors (Lipinski definition) is 3. The van der Waals surface area contributed by atoms with Gasteiger partial charge < -0.3 is 16.0 Å². The fourth-order valence-corrected chi connectivity index (χ4v) is 3.51. The standard InChI is InChI=1S/C20H30N6O2/c1-21-19(22-9-12-26-18(27)14-24-20(26)28)23-13-16-5-7-17(8-6-16)15-25-10-3-2-4-11-25/h5-8H,2-4,9-15H2,1H3,(H,24,28)(H2,21,22,23). The molecule has 0 unspecified atom stereocenters. The highest BCUT2D eigenvalue weighted by Gasteiger charge is 2.27. The Morgan fingerprint density at radius 2 is 1.79 bits per heavy atom. The van der Waals surface area contributed by atoms with Crippen molar-refractivity contribution in [2.75, 3.05) is 39.8 Å². The lowest BCUT2D eigenvalue weighted by atomic mass is 10.1. The number of hydrogen-bond acceptors (Lipinski definition) is 4. The minimum Gasteiger partial charge on any atom is -0.355 e. The first-order valence-electron chi connectivity index (χ1n) is 9.98. The van der Waals surface area contributed by atoms with E-state index in [0.29, 0.717) is 25.6 Å². The largest absolute Gasteiger partial charge is 0.355 e. The molecule has 8 heteroatoms. The normalized spacial score (nSPS) is 18.3. The molecule has 0 spiro atoms. The van der Waals surface area contributed by atoms with Gasteiger partial charge in [0.1, 0.15) is 0 Å². The van der Waals surface area contributed by atoms with E-state index in [2.05, 4.69) is 50.1 Å². The summed E-state index contributed by atoms with van der Waals surface area (Å²) in [7, 11) is 1.70. The summed E-state index contributed by atoms with van der Waals surface area (Å²) in [6.07, 6.45) is 3.98. The van der Waals surface area contributed by atoms with Crippen LogP contribution in [-0.2, 0) is 17.9 Å². The molecule has 1 aromatic rings. The third kappa shape index (κ3) is 5.69. The monoisotopic (exact) mass is 386 g/mol. The Kier molecular flexibility index (Phi) is 7.25. The summed E-state index contributed by atoms with van der Waals surface area (Å²) in [5, 5.41) is 8.90. The summed E-state index contributed by atoms with van der Waals surface area (Å²) in [4.78, 5) is 31.0. The van der Waals surface area contributed by atoms with Crippen LogP contribution in [0.5, 0.6) is 0 Å². The first kappa shape index (κ1) is 20.1. The van der Waals surface area contributed by atoms with Crippen molar-refractivity contribution in [3.8, 4) is 0 Å². The number of nitrogens with zero attached hydrogens (tertiary/aromatic N) is 3. The SMILES string of the molecule is CN=C(NCCN1C(=O)CNC1=O)NCc1ccc(CN2CCCCC2)cc1. The van der Waals surface area contributed by atoms with E-state index >= 15 is 0 Å². The Balaban J connectivity index is 1.39. The van der Waals surface area contributed by atoms with Gasteiger partial charge in [0.15, 0.2) is 5.96 Å². The van der Waals surface area contributed by atoms with Gasteiger partial charge in [0.2, 0.25) is 5.91 Å². The van der Waals surface area contributed by atoms with Crippen molar-refractivity contribution in [2.45, 2.75) is 32.4 Å². The number of carbonyl (C=O) groups excluding carboxylic acids is 2. The summed E-state index contributed by atoms with van der Waals surface area (Å²) < 4.78 is 0. The summed E-state index contributed by atoms with van der Waals surface area (Å²) in [6.45, 7) is 4.95. The molecular formula is C20H30N6O2. The summed E-state index contributed by atoms with van der Waals surface area (Å²) in [5.74, 6) is 0.448. The van der Waals surface area contributed by atoms with Gasteiger partial charge in [-0.2, -0.15) is 0 Å². The highest BCUT2D eigenvalue weighted by molar-refractivity contribution is 6.01. The number of aliphatic imine (C=N–C) groups is 1. The van der Waals surface area contributed by atoms with Crippen LogP contribution in [0.15, 0.2) is 29.3 Å². The molecule has 2 heterocycles. The molecule has 0 bridgehead atoms. The van der Waals surface area contributed by atoms with Gasteiger partial charge in [-0.25, -0.2) is 4.79 Å². The predicted octanol–water partition coefficient (Wildman–Crippen LogP) is 0.889. The van der Waals surface area contributed by atoms with Crippen molar-refractivity contribution in [1.82, 2.24) is 25.8 Å². The number of piperidine rings is 1. The molecule has 8 nitrogen and oxygen atoms in total. The minimum atomic E-state index is -0.334. The molecule has 152 valence electrons. The molecule has 3 amide bonds. The number of imide groups is 1. The number of nitrogens with one attached hydrogen (secondary N) is 3. The Morgan fingerprint density at radius 3 is 2.43 bits per heavy atom. The van der Waals surface area contributed by atoms with Gasteiger partial charge in [0.05, 0.1) is 6.54 Å². The van der Waals surface area contributed by atoms with Crippen LogP contribution < -0.4 is 16.0 Å². The van der Waals surface area contributed by atoms with E-state index in [4.69, 9.17) is 0 Å². The average molecular weight is 387 g/mol. The minimum absolute atomic E-state index is 0.0829. The molecule has 0 atom stereocenters. The zero-order valence-corrected chi connectivity index (χ0v) is 16.5. The van der Waals surface area contributed by atoms with Gasteiger partial charge in [-0.1, -0.05) is 30.7 Å². The van der Waals surface area contributed by atoms with Crippen LogP contribution in [0, 0.1) is 0 Å². The van der Waals surface area contributed by atoms with E-state index in [1.54, 1.807) is 7.05 Å². The topological polar surface area (TPSA) is 89.1 Å². The van der Waals surface area contributed by atoms with E-state index in [0.717, 1.165) is 6.54 Å². The second kappa shape index (κ2) is 10.1. The third-order valence-electron chi connectivity index (χ3n) is 5.13. The molecule has 28 heavy (non-hydrogen) atoms. The Hall–Kier alpha value is -2.61. The second-order valence-electron chi connectivity index (χ2n) is 7.21. The first-order chi connectivity index (χ1) is 13.7. The summed E-state index contributed by atoms with van der Waals surface area (Å²) >= 11 is 0. The molecule has 3 rings (SSSR count). The number of benzene rings is 1. The molecule has 2 aliphatic rings. The van der Waals surface area contributed by atoms with Crippen molar-refractivity contribution >= 4 is 17.9 Å². The number of amides is 3. The molecule has 3 N–H and O–H groups in total. The lowest BCUT2D eigenvalue weighted by molar-refractivity contribution is -0.124. The van der Waals surface area contributed by atoms with Gasteiger partial charge in [0.25, 0.3) is 0 Å². The van der Waals surface area contributed by atoms with Crippen LogP contribution in [0.4, 0.5) is 4.79 Å². The van der Waals surface area contributed by atoms with E-state index in [9.17, 15) is 9.59 Å². The highest BCUT2D eigenvalue weighted by Crippen LogP contribution is 2.13. The molecule has 0 radical (unpaired) electrons. The van der Waals surface area contributed by atoms with Gasteiger partial charge in [-0.05, 0) is 37.1 Å². The summed E-state index contributed by atoms with van der Waals surface area (Å²) in [6, 6.07) is 8.35. The molecule has 0 saturated carbocycles. The molecule has 2 aliphatic heterocycles. The fraction of sp³-hybridized carbons (Fsp3) is 0.550. The van der Waals surface area contributed by atoms with Crippen LogP contribution in [0.25, 0.3) is 0 Å². The molecule has 2 saturated heterocycles. The van der Waals surface area contributed by atoms with Crippen molar-refractivity contribution in [3.05, 3.63) is 35.4 Å². The number of rotatable bonds is 7. The zero-order chi connectivity index (χ0) is 19.8. The van der Waals surface area contributed by atoms with E-state index in [1.165, 1.54) is 48.4 Å². The number of urea groups is 1. The second-order valence-corrected chi connectivity index (χ2v) is 7.21. The maximum absolute atomic E-state index is 11.6. The van der Waals surface area contributed by atoms with E-state index in [-0.39, 0.29) is 18.5 Å².